The van der Waals surface area contributed by atoms with Crippen molar-refractivity contribution in [3.05, 3.63) is 71.8 Å². The molecule has 2 aromatic carbocycles. The van der Waals surface area contributed by atoms with Gasteiger partial charge in [-0.15, -0.1) is 0 Å². The van der Waals surface area contributed by atoms with E-state index in [2.05, 4.69) is 22.3 Å². The van der Waals surface area contributed by atoms with Gasteiger partial charge < -0.3 is 10.1 Å². The summed E-state index contributed by atoms with van der Waals surface area (Å²) in [6.45, 7) is 3.44. The zero-order valence-electron chi connectivity index (χ0n) is 16.1. The van der Waals surface area contributed by atoms with E-state index in [0.717, 1.165) is 30.6 Å². The number of hydrogen-bond donors (Lipinski definition) is 1. The second-order valence-corrected chi connectivity index (χ2v) is 6.79. The fourth-order valence-electron chi connectivity index (χ4n) is 3.49. The van der Waals surface area contributed by atoms with Crippen molar-refractivity contribution < 1.29 is 14.3 Å². The molecule has 3 rings (SSSR count). The van der Waals surface area contributed by atoms with Gasteiger partial charge in [0.05, 0.1) is 13.2 Å². The Bertz CT molecular complexity index is 816. The van der Waals surface area contributed by atoms with E-state index in [4.69, 9.17) is 4.74 Å². The van der Waals surface area contributed by atoms with Gasteiger partial charge in [-0.3, -0.25) is 9.69 Å². The van der Waals surface area contributed by atoms with E-state index in [1.165, 1.54) is 11.6 Å². The summed E-state index contributed by atoms with van der Waals surface area (Å²) in [6, 6.07) is 18.1. The van der Waals surface area contributed by atoms with Gasteiger partial charge in [0.1, 0.15) is 0 Å². The first-order valence-corrected chi connectivity index (χ1v) is 9.69. The van der Waals surface area contributed by atoms with Crippen LogP contribution in [0.1, 0.15) is 36.9 Å². The number of anilines is 1. The number of benzene rings is 2. The molecule has 0 spiro atoms. The fraction of sp³-hybridized carbons (Fsp3) is 0.304. The van der Waals surface area contributed by atoms with Crippen LogP contribution in [0.15, 0.2) is 60.7 Å². The molecule has 1 amide bonds. The molecule has 0 saturated carbocycles. The molecule has 28 heavy (non-hydrogen) atoms. The molecule has 2 aromatic rings. The van der Waals surface area contributed by atoms with Gasteiger partial charge in [-0.05, 0) is 55.6 Å². The van der Waals surface area contributed by atoms with Crippen LogP contribution in [0.5, 0.6) is 0 Å². The van der Waals surface area contributed by atoms with E-state index in [-0.39, 0.29) is 11.9 Å². The number of hydrogen-bond acceptors (Lipinski definition) is 4. The largest absolute Gasteiger partial charge is 0.463 e. The first-order valence-electron chi connectivity index (χ1n) is 9.69. The predicted octanol–water partition coefficient (Wildman–Crippen LogP) is 4.04. The number of esters is 1. The molecule has 1 aliphatic heterocycles. The third kappa shape index (κ3) is 5.54. The number of likely N-dealkylation sites (tertiary alicyclic amines) is 1. The third-order valence-electron chi connectivity index (χ3n) is 4.79. The number of ether oxygens (including phenoxy) is 1. The van der Waals surface area contributed by atoms with Crippen molar-refractivity contribution in [3.8, 4) is 0 Å². The van der Waals surface area contributed by atoms with Crippen LogP contribution >= 0.6 is 0 Å². The molecule has 1 atom stereocenters. The number of carbonyl (C=O) groups excluding carboxylic acids is 2. The van der Waals surface area contributed by atoms with Gasteiger partial charge in [0.2, 0.25) is 5.91 Å². The Hall–Kier alpha value is -2.92. The van der Waals surface area contributed by atoms with E-state index in [1.54, 1.807) is 13.0 Å². The Morgan fingerprint density at radius 2 is 1.89 bits per heavy atom. The molecular formula is C23H26N2O3. The van der Waals surface area contributed by atoms with Crippen LogP contribution in [0.3, 0.4) is 0 Å². The number of rotatable bonds is 7. The lowest BCUT2D eigenvalue weighted by atomic mass is 10.0. The second-order valence-electron chi connectivity index (χ2n) is 6.79. The van der Waals surface area contributed by atoms with Crippen LogP contribution in [0.2, 0.25) is 0 Å². The molecule has 1 unspecified atom stereocenters. The van der Waals surface area contributed by atoms with Crippen LogP contribution in [0, 0.1) is 0 Å². The Morgan fingerprint density at radius 1 is 1.14 bits per heavy atom. The molecule has 1 N–H and O–H groups in total. The Balaban J connectivity index is 1.54. The molecule has 1 heterocycles. The summed E-state index contributed by atoms with van der Waals surface area (Å²) in [5, 5.41) is 2.96. The van der Waals surface area contributed by atoms with Gasteiger partial charge in [-0.1, -0.05) is 42.5 Å². The fourth-order valence-corrected chi connectivity index (χ4v) is 3.49. The highest BCUT2D eigenvalue weighted by Crippen LogP contribution is 2.31. The molecule has 1 fully saturated rings. The van der Waals surface area contributed by atoms with E-state index < -0.39 is 0 Å². The molecule has 1 aliphatic rings. The van der Waals surface area contributed by atoms with E-state index >= 15 is 0 Å². The smallest absolute Gasteiger partial charge is 0.330 e. The quantitative estimate of drug-likeness (QED) is 0.584. The van der Waals surface area contributed by atoms with Gasteiger partial charge in [-0.2, -0.15) is 0 Å². The number of carbonyl (C=O) groups is 2. The summed E-state index contributed by atoms with van der Waals surface area (Å²) in [5.74, 6) is -0.379. The summed E-state index contributed by atoms with van der Waals surface area (Å²) in [7, 11) is 0. The molecule has 1 saturated heterocycles. The minimum absolute atomic E-state index is 0.0161. The van der Waals surface area contributed by atoms with Gasteiger partial charge in [0.25, 0.3) is 0 Å². The molecule has 146 valence electrons. The molecule has 5 nitrogen and oxygen atoms in total. The maximum Gasteiger partial charge on any atom is 0.330 e. The Morgan fingerprint density at radius 3 is 2.61 bits per heavy atom. The summed E-state index contributed by atoms with van der Waals surface area (Å²) in [5.41, 5.74) is 2.88. The standard InChI is InChI=1S/C23H26N2O3/c1-2-28-23(27)15-12-18-10-13-20(14-11-18)24-22(26)17-25-16-6-9-21(25)19-7-4-3-5-8-19/h3-5,7-8,10-15,21H,2,6,9,16-17H2,1H3,(H,24,26)/b15-12+. The molecule has 0 bridgehead atoms. The lowest BCUT2D eigenvalue weighted by Crippen LogP contribution is -2.32. The van der Waals surface area contributed by atoms with Gasteiger partial charge in [0.15, 0.2) is 0 Å². The molecule has 0 aromatic heterocycles. The lowest BCUT2D eigenvalue weighted by Gasteiger charge is -2.24. The second kappa shape index (κ2) is 9.85. The first kappa shape index (κ1) is 19.8. The molecule has 0 aliphatic carbocycles. The first-order chi connectivity index (χ1) is 13.7. The van der Waals surface area contributed by atoms with Crippen molar-refractivity contribution in [1.29, 1.82) is 0 Å². The molecule has 0 radical (unpaired) electrons. The average molecular weight is 378 g/mol. The lowest BCUT2D eigenvalue weighted by molar-refractivity contribution is -0.137. The van der Waals surface area contributed by atoms with Crippen LogP contribution in [0.25, 0.3) is 6.08 Å². The number of amides is 1. The highest BCUT2D eigenvalue weighted by molar-refractivity contribution is 5.92. The summed E-state index contributed by atoms with van der Waals surface area (Å²) >= 11 is 0. The SMILES string of the molecule is CCOC(=O)/C=C/c1ccc(NC(=O)CN2CCCC2c2ccccc2)cc1. The van der Waals surface area contributed by atoms with Gasteiger partial charge in [-0.25, -0.2) is 4.79 Å². The normalized spacial score (nSPS) is 17.0. The van der Waals surface area contributed by atoms with Crippen molar-refractivity contribution in [1.82, 2.24) is 4.90 Å². The summed E-state index contributed by atoms with van der Waals surface area (Å²) in [6.07, 6.45) is 5.28. The molecule has 5 heteroatoms. The van der Waals surface area contributed by atoms with E-state index in [9.17, 15) is 9.59 Å². The topological polar surface area (TPSA) is 58.6 Å². The molecular weight excluding hydrogens is 352 g/mol. The highest BCUT2D eigenvalue weighted by atomic mass is 16.5. The Kier molecular flexibility index (Phi) is 6.98. The van der Waals surface area contributed by atoms with Crippen molar-refractivity contribution in [3.63, 3.8) is 0 Å². The van der Waals surface area contributed by atoms with Crippen LogP contribution in [-0.4, -0.2) is 36.5 Å². The van der Waals surface area contributed by atoms with Crippen molar-refractivity contribution in [2.45, 2.75) is 25.8 Å². The highest BCUT2D eigenvalue weighted by Gasteiger charge is 2.27. The maximum atomic E-state index is 12.5. The summed E-state index contributed by atoms with van der Waals surface area (Å²) in [4.78, 5) is 26.1. The summed E-state index contributed by atoms with van der Waals surface area (Å²) < 4.78 is 4.86. The van der Waals surface area contributed by atoms with E-state index in [0.29, 0.717) is 19.2 Å². The van der Waals surface area contributed by atoms with Crippen molar-refractivity contribution in [2.75, 3.05) is 25.0 Å². The van der Waals surface area contributed by atoms with Crippen LogP contribution in [0.4, 0.5) is 5.69 Å². The zero-order valence-corrected chi connectivity index (χ0v) is 16.1. The van der Waals surface area contributed by atoms with Gasteiger partial charge >= 0.3 is 5.97 Å². The van der Waals surface area contributed by atoms with Gasteiger partial charge in [0, 0.05) is 17.8 Å². The van der Waals surface area contributed by atoms with Crippen LogP contribution < -0.4 is 5.32 Å². The third-order valence-corrected chi connectivity index (χ3v) is 4.79. The van der Waals surface area contributed by atoms with Crippen molar-refractivity contribution >= 4 is 23.6 Å². The minimum atomic E-state index is -0.363. The average Bonchev–Trinajstić information content (AvgIpc) is 3.16. The van der Waals surface area contributed by atoms with E-state index in [1.807, 2.05) is 42.5 Å². The Labute approximate surface area is 166 Å². The maximum absolute atomic E-state index is 12.5. The predicted molar refractivity (Wildman–Crippen MR) is 111 cm³/mol. The monoisotopic (exact) mass is 378 g/mol. The number of nitrogens with zero attached hydrogens (tertiary/aromatic N) is 1. The minimum Gasteiger partial charge on any atom is -0.463 e. The zero-order chi connectivity index (χ0) is 19.8. The van der Waals surface area contributed by atoms with Crippen molar-refractivity contribution in [2.24, 2.45) is 0 Å². The number of nitrogens with one attached hydrogen (secondary N) is 1. The van der Waals surface area contributed by atoms with Crippen LogP contribution in [-0.2, 0) is 14.3 Å².